The Kier molecular flexibility index (Phi) is 3.84. The lowest BCUT2D eigenvalue weighted by Crippen LogP contribution is -2.03. The van der Waals surface area contributed by atoms with Crippen LogP contribution in [0.1, 0.15) is 0 Å². The first-order valence-electron chi connectivity index (χ1n) is 7.74. The number of nitrogen functional groups attached to an aromatic ring is 1. The summed E-state index contributed by atoms with van der Waals surface area (Å²) in [6, 6.07) is 17.5. The van der Waals surface area contributed by atoms with Crippen molar-refractivity contribution >= 4 is 28.0 Å². The zero-order valence-corrected chi connectivity index (χ0v) is 13.3. The van der Waals surface area contributed by atoms with Crippen LogP contribution in [0.15, 0.2) is 73.3 Å². The monoisotopic (exact) mass is 329 g/mol. The van der Waals surface area contributed by atoms with Crippen molar-refractivity contribution in [1.29, 1.82) is 0 Å². The molecule has 0 aliphatic carbocycles. The Balaban J connectivity index is 1.68. The lowest BCUT2D eigenvalue weighted by atomic mass is 10.1. The molecule has 2 heterocycles. The van der Waals surface area contributed by atoms with E-state index in [1.54, 1.807) is 12.4 Å². The van der Waals surface area contributed by atoms with Gasteiger partial charge in [-0.3, -0.25) is 4.98 Å². The molecule has 122 valence electrons. The van der Waals surface area contributed by atoms with Gasteiger partial charge in [0, 0.05) is 11.6 Å². The Morgan fingerprint density at radius 3 is 2.68 bits per heavy atom. The highest BCUT2D eigenvalue weighted by Crippen LogP contribution is 2.34. The van der Waals surface area contributed by atoms with Crippen LogP contribution in [-0.4, -0.2) is 15.0 Å². The average Bonchev–Trinajstić information content (AvgIpc) is 2.66. The molecular formula is C19H15N5O. The Hall–Kier alpha value is -3.67. The molecule has 0 unspecified atom stereocenters. The molecule has 4 rings (SSSR count). The third-order valence-corrected chi connectivity index (χ3v) is 3.73. The molecule has 2 aromatic carbocycles. The van der Waals surface area contributed by atoms with E-state index >= 15 is 0 Å². The van der Waals surface area contributed by atoms with Gasteiger partial charge in [0.2, 0.25) is 5.88 Å². The predicted molar refractivity (Wildman–Crippen MR) is 98.0 cm³/mol. The molecule has 0 amide bonds. The minimum atomic E-state index is 0.303. The van der Waals surface area contributed by atoms with Gasteiger partial charge in [0.1, 0.15) is 17.8 Å². The van der Waals surface area contributed by atoms with Crippen molar-refractivity contribution in [2.24, 2.45) is 0 Å². The topological polar surface area (TPSA) is 86.0 Å². The fourth-order valence-electron chi connectivity index (χ4n) is 2.52. The molecule has 4 aromatic rings. The van der Waals surface area contributed by atoms with Gasteiger partial charge in [-0.1, -0.05) is 36.4 Å². The quantitative estimate of drug-likeness (QED) is 0.585. The van der Waals surface area contributed by atoms with Crippen LogP contribution in [0.25, 0.3) is 10.8 Å². The maximum atomic E-state index is 6.19. The van der Waals surface area contributed by atoms with Gasteiger partial charge in [0.25, 0.3) is 0 Å². The van der Waals surface area contributed by atoms with Gasteiger partial charge in [-0.25, -0.2) is 4.98 Å². The predicted octanol–water partition coefficient (Wildman–Crippen LogP) is 4.14. The molecule has 6 nitrogen and oxygen atoms in total. The zero-order valence-electron chi connectivity index (χ0n) is 13.3. The minimum absolute atomic E-state index is 0.303. The average molecular weight is 329 g/mol. The summed E-state index contributed by atoms with van der Waals surface area (Å²) in [5, 5.41) is 5.19. The highest BCUT2D eigenvalue weighted by atomic mass is 16.5. The summed E-state index contributed by atoms with van der Waals surface area (Å²) in [7, 11) is 0. The Morgan fingerprint density at radius 1 is 0.920 bits per heavy atom. The van der Waals surface area contributed by atoms with Crippen LogP contribution < -0.4 is 15.8 Å². The van der Waals surface area contributed by atoms with E-state index < -0.39 is 0 Å². The second kappa shape index (κ2) is 6.45. The second-order valence-corrected chi connectivity index (χ2v) is 5.39. The summed E-state index contributed by atoms with van der Waals surface area (Å²) in [6.45, 7) is 0. The van der Waals surface area contributed by atoms with E-state index in [-0.39, 0.29) is 0 Å². The van der Waals surface area contributed by atoms with Gasteiger partial charge in [-0.05, 0) is 23.6 Å². The number of nitrogens with two attached hydrogens (primary N) is 1. The molecule has 6 heteroatoms. The number of fused-ring (bicyclic) bond motifs is 1. The van der Waals surface area contributed by atoms with Crippen LogP contribution in [0.3, 0.4) is 0 Å². The van der Waals surface area contributed by atoms with E-state index in [2.05, 4.69) is 20.3 Å². The minimum Gasteiger partial charge on any atom is -0.436 e. The maximum absolute atomic E-state index is 6.19. The highest BCUT2D eigenvalue weighted by molar-refractivity contribution is 5.88. The zero-order chi connectivity index (χ0) is 17.1. The van der Waals surface area contributed by atoms with Crippen molar-refractivity contribution in [3.05, 3.63) is 73.3 Å². The molecule has 0 bridgehead atoms. The number of nitrogens with zero attached hydrogens (tertiary/aromatic N) is 3. The molecule has 0 aliphatic rings. The van der Waals surface area contributed by atoms with Crippen molar-refractivity contribution in [2.75, 3.05) is 11.1 Å². The van der Waals surface area contributed by atoms with E-state index in [0.29, 0.717) is 23.1 Å². The fraction of sp³-hybridized carbons (Fsp3) is 0. The highest BCUT2D eigenvalue weighted by Gasteiger charge is 2.12. The number of pyridine rings is 1. The normalized spacial score (nSPS) is 10.6. The molecular weight excluding hydrogens is 314 g/mol. The van der Waals surface area contributed by atoms with E-state index in [0.717, 1.165) is 16.5 Å². The summed E-state index contributed by atoms with van der Waals surface area (Å²) >= 11 is 0. The van der Waals surface area contributed by atoms with Crippen LogP contribution in [0.5, 0.6) is 11.6 Å². The number of rotatable bonds is 4. The fourth-order valence-corrected chi connectivity index (χ4v) is 2.52. The van der Waals surface area contributed by atoms with Crippen molar-refractivity contribution in [3.63, 3.8) is 0 Å². The van der Waals surface area contributed by atoms with Gasteiger partial charge in [-0.2, -0.15) is 4.98 Å². The number of hydrogen-bond donors (Lipinski definition) is 2. The number of ether oxygens (including phenoxy) is 1. The summed E-state index contributed by atoms with van der Waals surface area (Å²) in [5.41, 5.74) is 7.30. The number of nitrogens with one attached hydrogen (secondary N) is 1. The first kappa shape index (κ1) is 14.9. The van der Waals surface area contributed by atoms with Crippen molar-refractivity contribution in [1.82, 2.24) is 15.0 Å². The molecule has 25 heavy (non-hydrogen) atoms. The lowest BCUT2D eigenvalue weighted by Gasteiger charge is -2.12. The maximum Gasteiger partial charge on any atom is 0.248 e. The molecule has 0 aliphatic heterocycles. The van der Waals surface area contributed by atoms with Gasteiger partial charge < -0.3 is 15.8 Å². The summed E-state index contributed by atoms with van der Waals surface area (Å²) in [5.74, 6) is 1.46. The van der Waals surface area contributed by atoms with Crippen LogP contribution >= 0.6 is 0 Å². The standard InChI is InChI=1S/C19H15N5O/c20-17-18(24-14-7-4-10-21-11-14)22-12-23-19(17)25-16-9-3-6-13-5-1-2-8-15(13)16/h1-12H,20H2,(H,22,23,24). The third kappa shape index (κ3) is 3.05. The molecule has 0 saturated carbocycles. The molecule has 2 aromatic heterocycles. The number of benzene rings is 2. The summed E-state index contributed by atoms with van der Waals surface area (Å²) in [6.07, 6.45) is 4.80. The van der Waals surface area contributed by atoms with E-state index in [9.17, 15) is 0 Å². The van der Waals surface area contributed by atoms with Crippen molar-refractivity contribution in [3.8, 4) is 11.6 Å². The van der Waals surface area contributed by atoms with Crippen LogP contribution in [0.4, 0.5) is 17.2 Å². The largest absolute Gasteiger partial charge is 0.436 e. The Labute approximate surface area is 144 Å². The number of anilines is 3. The SMILES string of the molecule is Nc1c(Nc2cccnc2)ncnc1Oc1cccc2ccccc12. The van der Waals surface area contributed by atoms with Crippen LogP contribution in [0.2, 0.25) is 0 Å². The molecule has 0 saturated heterocycles. The molecule has 0 fully saturated rings. The molecule has 0 spiro atoms. The smallest absolute Gasteiger partial charge is 0.248 e. The third-order valence-electron chi connectivity index (χ3n) is 3.73. The Morgan fingerprint density at radius 2 is 1.80 bits per heavy atom. The first-order valence-corrected chi connectivity index (χ1v) is 7.74. The van der Waals surface area contributed by atoms with E-state index in [1.165, 1.54) is 6.33 Å². The lowest BCUT2D eigenvalue weighted by molar-refractivity contribution is 0.470. The number of hydrogen-bond acceptors (Lipinski definition) is 6. The first-order chi connectivity index (χ1) is 12.3. The van der Waals surface area contributed by atoms with Gasteiger partial charge in [0.15, 0.2) is 5.82 Å². The summed E-state index contributed by atoms with van der Waals surface area (Å²) in [4.78, 5) is 12.4. The van der Waals surface area contributed by atoms with Gasteiger partial charge in [-0.15, -0.1) is 0 Å². The van der Waals surface area contributed by atoms with Gasteiger partial charge >= 0.3 is 0 Å². The van der Waals surface area contributed by atoms with Crippen molar-refractivity contribution in [2.45, 2.75) is 0 Å². The van der Waals surface area contributed by atoms with Crippen LogP contribution in [-0.2, 0) is 0 Å². The molecule has 0 radical (unpaired) electrons. The van der Waals surface area contributed by atoms with E-state index in [4.69, 9.17) is 10.5 Å². The molecule has 0 atom stereocenters. The van der Waals surface area contributed by atoms with Gasteiger partial charge in [0.05, 0.1) is 11.9 Å². The summed E-state index contributed by atoms with van der Waals surface area (Å²) < 4.78 is 5.97. The number of aromatic nitrogens is 3. The Bertz CT molecular complexity index is 1020. The van der Waals surface area contributed by atoms with Crippen LogP contribution in [0, 0.1) is 0 Å². The van der Waals surface area contributed by atoms with Crippen molar-refractivity contribution < 1.29 is 4.74 Å². The molecule has 3 N–H and O–H groups in total. The second-order valence-electron chi connectivity index (χ2n) is 5.39. The van der Waals surface area contributed by atoms with E-state index in [1.807, 2.05) is 54.6 Å².